The fourth-order valence-corrected chi connectivity index (χ4v) is 3.98. The third-order valence-corrected chi connectivity index (χ3v) is 5.50. The van der Waals surface area contributed by atoms with Crippen molar-refractivity contribution >= 4 is 15.7 Å². The smallest absolute Gasteiger partial charge is 0.261 e. The zero-order valence-corrected chi connectivity index (χ0v) is 13.6. The molecule has 0 spiro atoms. The van der Waals surface area contributed by atoms with Gasteiger partial charge in [-0.25, -0.2) is 8.42 Å². The van der Waals surface area contributed by atoms with Gasteiger partial charge in [-0.3, -0.25) is 4.72 Å². The number of nitrogens with one attached hydrogen (secondary N) is 1. The lowest BCUT2D eigenvalue weighted by atomic mass is 9.92. The summed E-state index contributed by atoms with van der Waals surface area (Å²) in [6.45, 7) is 0. The number of hydrogen-bond acceptors (Lipinski definition) is 3. The molecule has 2 aromatic carbocycles. The van der Waals surface area contributed by atoms with E-state index < -0.39 is 10.0 Å². The van der Waals surface area contributed by atoms with Crippen LogP contribution in [0.2, 0.25) is 0 Å². The SMILES string of the molecule is N#CCc1ccc(NS(=O)(=O)c2ccc3c(c2)CCCC3)cc1. The summed E-state index contributed by atoms with van der Waals surface area (Å²) in [6.07, 6.45) is 4.58. The van der Waals surface area contributed by atoms with Gasteiger partial charge in [0.25, 0.3) is 10.0 Å². The third-order valence-electron chi connectivity index (χ3n) is 4.12. The van der Waals surface area contributed by atoms with Crippen molar-refractivity contribution < 1.29 is 8.42 Å². The lowest BCUT2D eigenvalue weighted by Crippen LogP contribution is -2.14. The highest BCUT2D eigenvalue weighted by molar-refractivity contribution is 7.92. The zero-order valence-electron chi connectivity index (χ0n) is 12.7. The lowest BCUT2D eigenvalue weighted by Gasteiger charge is -2.17. The van der Waals surface area contributed by atoms with Crippen molar-refractivity contribution in [1.82, 2.24) is 0 Å². The van der Waals surface area contributed by atoms with Crippen molar-refractivity contribution in [2.45, 2.75) is 37.0 Å². The molecule has 0 atom stereocenters. The Labute approximate surface area is 136 Å². The molecule has 5 heteroatoms. The van der Waals surface area contributed by atoms with Crippen LogP contribution in [0.15, 0.2) is 47.4 Å². The highest BCUT2D eigenvalue weighted by Crippen LogP contribution is 2.25. The fourth-order valence-electron chi connectivity index (χ4n) is 2.87. The van der Waals surface area contributed by atoms with Crippen molar-refractivity contribution in [2.75, 3.05) is 4.72 Å². The van der Waals surface area contributed by atoms with E-state index in [0.29, 0.717) is 17.0 Å². The highest BCUT2D eigenvalue weighted by Gasteiger charge is 2.17. The third kappa shape index (κ3) is 3.54. The second-order valence-electron chi connectivity index (χ2n) is 5.77. The molecule has 0 saturated heterocycles. The molecule has 0 unspecified atom stereocenters. The van der Waals surface area contributed by atoms with Crippen LogP contribution in [0.25, 0.3) is 0 Å². The molecule has 0 aliphatic heterocycles. The maximum absolute atomic E-state index is 12.5. The van der Waals surface area contributed by atoms with Crippen LogP contribution in [0, 0.1) is 11.3 Å². The minimum Gasteiger partial charge on any atom is -0.280 e. The maximum atomic E-state index is 12.5. The van der Waals surface area contributed by atoms with Crippen LogP contribution in [0.5, 0.6) is 0 Å². The molecule has 2 aromatic rings. The minimum atomic E-state index is -3.59. The normalized spacial score (nSPS) is 13.9. The monoisotopic (exact) mass is 326 g/mol. The van der Waals surface area contributed by atoms with Gasteiger partial charge in [-0.2, -0.15) is 5.26 Å². The summed E-state index contributed by atoms with van der Waals surface area (Å²) in [6, 6.07) is 14.3. The number of aryl methyl sites for hydroxylation is 2. The van der Waals surface area contributed by atoms with Gasteiger partial charge in [0.2, 0.25) is 0 Å². The second-order valence-corrected chi connectivity index (χ2v) is 7.46. The van der Waals surface area contributed by atoms with E-state index in [4.69, 9.17) is 5.26 Å². The zero-order chi connectivity index (χ0) is 16.3. The quantitative estimate of drug-likeness (QED) is 0.935. The Morgan fingerprint density at radius 1 is 1.00 bits per heavy atom. The van der Waals surface area contributed by atoms with E-state index in [1.54, 1.807) is 36.4 Å². The molecule has 0 amide bonds. The Balaban J connectivity index is 1.82. The van der Waals surface area contributed by atoms with Gasteiger partial charge in [0.05, 0.1) is 17.4 Å². The van der Waals surface area contributed by atoms with Crippen LogP contribution in [0.1, 0.15) is 29.5 Å². The summed E-state index contributed by atoms with van der Waals surface area (Å²) < 4.78 is 27.7. The summed E-state index contributed by atoms with van der Waals surface area (Å²) in [5, 5.41) is 8.66. The number of nitriles is 1. The minimum absolute atomic E-state index is 0.305. The highest BCUT2D eigenvalue weighted by atomic mass is 32.2. The van der Waals surface area contributed by atoms with Gasteiger partial charge in [0, 0.05) is 5.69 Å². The van der Waals surface area contributed by atoms with Crippen LogP contribution in [0.4, 0.5) is 5.69 Å². The molecular weight excluding hydrogens is 308 g/mol. The van der Waals surface area contributed by atoms with E-state index in [-0.39, 0.29) is 0 Å². The van der Waals surface area contributed by atoms with Crippen LogP contribution in [0.3, 0.4) is 0 Å². The van der Waals surface area contributed by atoms with E-state index in [1.807, 2.05) is 6.07 Å². The van der Waals surface area contributed by atoms with Crippen molar-refractivity contribution in [3.05, 3.63) is 59.2 Å². The molecule has 1 N–H and O–H groups in total. The molecule has 1 aliphatic carbocycles. The molecule has 0 radical (unpaired) electrons. The first-order chi connectivity index (χ1) is 11.1. The lowest BCUT2D eigenvalue weighted by molar-refractivity contribution is 0.600. The van der Waals surface area contributed by atoms with Crippen LogP contribution >= 0.6 is 0 Å². The van der Waals surface area contributed by atoms with Crippen LogP contribution in [-0.4, -0.2) is 8.42 Å². The number of nitrogens with zero attached hydrogens (tertiary/aromatic N) is 1. The van der Waals surface area contributed by atoms with Crippen LogP contribution in [-0.2, 0) is 29.3 Å². The summed E-state index contributed by atoms with van der Waals surface area (Å²) >= 11 is 0. The number of rotatable bonds is 4. The Hall–Kier alpha value is -2.32. The summed E-state index contributed by atoms with van der Waals surface area (Å²) in [5.74, 6) is 0. The number of anilines is 1. The predicted molar refractivity (Wildman–Crippen MR) is 89.7 cm³/mol. The van der Waals surface area contributed by atoms with Gasteiger partial charge in [0.15, 0.2) is 0 Å². The molecular formula is C18H18N2O2S. The average Bonchev–Trinajstić information content (AvgIpc) is 2.56. The largest absolute Gasteiger partial charge is 0.280 e. The molecule has 0 aromatic heterocycles. The molecule has 4 nitrogen and oxygen atoms in total. The van der Waals surface area contributed by atoms with Crippen molar-refractivity contribution in [2.24, 2.45) is 0 Å². The molecule has 0 heterocycles. The van der Waals surface area contributed by atoms with E-state index in [9.17, 15) is 8.42 Å². The number of benzene rings is 2. The first-order valence-corrected chi connectivity index (χ1v) is 9.17. The van der Waals surface area contributed by atoms with Gasteiger partial charge in [0.1, 0.15) is 0 Å². The van der Waals surface area contributed by atoms with E-state index in [2.05, 4.69) is 10.8 Å². The van der Waals surface area contributed by atoms with E-state index >= 15 is 0 Å². The van der Waals surface area contributed by atoms with Crippen molar-refractivity contribution in [3.63, 3.8) is 0 Å². The Morgan fingerprint density at radius 3 is 2.39 bits per heavy atom. The molecule has 23 heavy (non-hydrogen) atoms. The topological polar surface area (TPSA) is 70.0 Å². The molecule has 0 saturated carbocycles. The molecule has 0 bridgehead atoms. The molecule has 3 rings (SSSR count). The first kappa shape index (κ1) is 15.6. The van der Waals surface area contributed by atoms with E-state index in [1.165, 1.54) is 12.0 Å². The van der Waals surface area contributed by atoms with Crippen LogP contribution < -0.4 is 4.72 Å². The molecule has 118 valence electrons. The Bertz CT molecular complexity index is 850. The number of sulfonamides is 1. The maximum Gasteiger partial charge on any atom is 0.261 e. The van der Waals surface area contributed by atoms with Gasteiger partial charge < -0.3 is 0 Å². The Morgan fingerprint density at radius 2 is 1.70 bits per heavy atom. The summed E-state index contributed by atoms with van der Waals surface area (Å²) in [4.78, 5) is 0.305. The summed E-state index contributed by atoms with van der Waals surface area (Å²) in [5.41, 5.74) is 3.77. The second kappa shape index (κ2) is 6.43. The first-order valence-electron chi connectivity index (χ1n) is 7.69. The van der Waals surface area contributed by atoms with Crippen molar-refractivity contribution in [3.8, 4) is 6.07 Å². The number of fused-ring (bicyclic) bond motifs is 1. The van der Waals surface area contributed by atoms with Gasteiger partial charge >= 0.3 is 0 Å². The van der Waals surface area contributed by atoms with Crippen molar-refractivity contribution in [1.29, 1.82) is 5.26 Å². The summed E-state index contributed by atoms with van der Waals surface area (Å²) in [7, 11) is -3.59. The van der Waals surface area contributed by atoms with E-state index in [0.717, 1.165) is 30.4 Å². The average molecular weight is 326 g/mol. The molecule has 0 fully saturated rings. The number of hydrogen-bond donors (Lipinski definition) is 1. The standard InChI is InChI=1S/C18H18N2O2S/c19-12-11-14-5-8-17(9-6-14)20-23(21,22)18-10-7-15-3-1-2-4-16(15)13-18/h5-10,13,20H,1-4,11H2. The fraction of sp³-hybridized carbons (Fsp3) is 0.278. The molecule has 1 aliphatic rings. The predicted octanol–water partition coefficient (Wildman–Crippen LogP) is 3.43. The van der Waals surface area contributed by atoms with Gasteiger partial charge in [-0.15, -0.1) is 0 Å². The van der Waals surface area contributed by atoms with Gasteiger partial charge in [-0.1, -0.05) is 18.2 Å². The Kier molecular flexibility index (Phi) is 4.35. The van der Waals surface area contributed by atoms with Gasteiger partial charge in [-0.05, 0) is 66.6 Å².